The third-order valence-electron chi connectivity index (χ3n) is 1.24. The highest BCUT2D eigenvalue weighted by atomic mass is 35.5. The Hall–Kier alpha value is -0.670. The molecule has 1 amide bonds. The maximum absolute atomic E-state index is 10.9. The first-order chi connectivity index (χ1) is 5.74. The molecule has 1 N–H and O–H groups in total. The fourth-order valence-corrected chi connectivity index (χ4v) is 1.54. The highest BCUT2D eigenvalue weighted by Gasteiger charge is 2.04. The van der Waals surface area contributed by atoms with Crippen LogP contribution in [0.5, 0.6) is 0 Å². The standard InChI is InChI=1S/C8H8ClNOS/c1-10-8(11)12-7-5-3-2-4-6(7)9/h2-5H,1H3,(H,10,11). The molecular weight excluding hydrogens is 194 g/mol. The second-order valence-electron chi connectivity index (χ2n) is 2.07. The van der Waals surface area contributed by atoms with Crippen molar-refractivity contribution >= 4 is 28.6 Å². The molecule has 2 nitrogen and oxygen atoms in total. The second-order valence-corrected chi connectivity index (χ2v) is 3.49. The lowest BCUT2D eigenvalue weighted by atomic mass is 10.4. The first-order valence-electron chi connectivity index (χ1n) is 3.38. The number of carbonyl (C=O) groups excluding carboxylic acids is 1. The molecule has 0 aliphatic heterocycles. The van der Waals surface area contributed by atoms with Gasteiger partial charge in [0.2, 0.25) is 0 Å². The van der Waals surface area contributed by atoms with Gasteiger partial charge in [-0.3, -0.25) is 4.79 Å². The zero-order valence-corrected chi connectivity index (χ0v) is 8.08. The van der Waals surface area contributed by atoms with E-state index in [1.54, 1.807) is 13.1 Å². The van der Waals surface area contributed by atoms with Gasteiger partial charge < -0.3 is 5.32 Å². The van der Waals surface area contributed by atoms with Gasteiger partial charge in [-0.05, 0) is 23.9 Å². The summed E-state index contributed by atoms with van der Waals surface area (Å²) >= 11 is 6.91. The molecule has 0 spiro atoms. The molecule has 0 unspecified atom stereocenters. The molecule has 0 aromatic heterocycles. The van der Waals surface area contributed by atoms with Crippen LogP contribution in [0.3, 0.4) is 0 Å². The third kappa shape index (κ3) is 2.43. The first-order valence-corrected chi connectivity index (χ1v) is 4.57. The summed E-state index contributed by atoms with van der Waals surface area (Å²) in [5.74, 6) is 0. The Morgan fingerprint density at radius 1 is 1.50 bits per heavy atom. The molecule has 0 bridgehead atoms. The van der Waals surface area contributed by atoms with Crippen molar-refractivity contribution in [1.29, 1.82) is 0 Å². The molecule has 4 heteroatoms. The summed E-state index contributed by atoms with van der Waals surface area (Å²) in [7, 11) is 1.59. The van der Waals surface area contributed by atoms with Crippen molar-refractivity contribution in [3.8, 4) is 0 Å². The molecule has 0 radical (unpaired) electrons. The lowest BCUT2D eigenvalue weighted by Gasteiger charge is -2.00. The number of amides is 1. The molecule has 0 aliphatic carbocycles. The number of hydrogen-bond acceptors (Lipinski definition) is 2. The number of rotatable bonds is 1. The number of carbonyl (C=O) groups is 1. The van der Waals surface area contributed by atoms with Gasteiger partial charge in [-0.1, -0.05) is 23.7 Å². The zero-order valence-electron chi connectivity index (χ0n) is 6.50. The van der Waals surface area contributed by atoms with Crippen molar-refractivity contribution in [2.24, 2.45) is 0 Å². The topological polar surface area (TPSA) is 29.1 Å². The Kier molecular flexibility index (Phi) is 3.44. The fraction of sp³-hybridized carbons (Fsp3) is 0.125. The Bertz CT molecular complexity index is 290. The Morgan fingerprint density at radius 3 is 2.75 bits per heavy atom. The van der Waals surface area contributed by atoms with Crippen molar-refractivity contribution in [2.45, 2.75) is 4.90 Å². The smallest absolute Gasteiger partial charge is 0.283 e. The average molecular weight is 202 g/mol. The van der Waals surface area contributed by atoms with Crippen LogP contribution < -0.4 is 5.32 Å². The van der Waals surface area contributed by atoms with Crippen molar-refractivity contribution in [1.82, 2.24) is 5.32 Å². The molecule has 1 aromatic rings. The molecule has 0 atom stereocenters. The monoisotopic (exact) mass is 201 g/mol. The van der Waals surface area contributed by atoms with E-state index >= 15 is 0 Å². The summed E-state index contributed by atoms with van der Waals surface area (Å²) in [4.78, 5) is 11.7. The SMILES string of the molecule is CNC(=O)Sc1ccccc1Cl. The number of halogens is 1. The Labute approximate surface area is 80.3 Å². The number of hydrogen-bond donors (Lipinski definition) is 1. The predicted molar refractivity (Wildman–Crippen MR) is 51.8 cm³/mol. The molecule has 64 valence electrons. The minimum Gasteiger partial charge on any atom is -0.350 e. The number of nitrogens with one attached hydrogen (secondary N) is 1. The van der Waals surface area contributed by atoms with Crippen molar-refractivity contribution in [3.05, 3.63) is 29.3 Å². The Morgan fingerprint density at radius 2 is 2.17 bits per heavy atom. The minimum absolute atomic E-state index is 0.108. The molecule has 0 heterocycles. The van der Waals surface area contributed by atoms with Crippen LogP contribution in [0.4, 0.5) is 4.79 Å². The predicted octanol–water partition coefficient (Wildman–Crippen LogP) is 2.77. The van der Waals surface area contributed by atoms with Crippen LogP contribution in [0.1, 0.15) is 0 Å². The highest BCUT2D eigenvalue weighted by Crippen LogP contribution is 2.26. The summed E-state index contributed by atoms with van der Waals surface area (Å²) in [5, 5.41) is 3.00. The van der Waals surface area contributed by atoms with Crippen molar-refractivity contribution < 1.29 is 4.79 Å². The average Bonchev–Trinajstić information content (AvgIpc) is 2.09. The zero-order chi connectivity index (χ0) is 8.97. The van der Waals surface area contributed by atoms with Crippen LogP contribution in [-0.4, -0.2) is 12.3 Å². The van der Waals surface area contributed by atoms with Crippen molar-refractivity contribution in [3.63, 3.8) is 0 Å². The van der Waals surface area contributed by atoms with E-state index in [9.17, 15) is 4.79 Å². The number of benzene rings is 1. The van der Waals surface area contributed by atoms with Crippen LogP contribution >= 0.6 is 23.4 Å². The molecule has 1 rings (SSSR count). The lowest BCUT2D eigenvalue weighted by molar-refractivity contribution is 0.262. The van der Waals surface area contributed by atoms with E-state index < -0.39 is 0 Å². The lowest BCUT2D eigenvalue weighted by Crippen LogP contribution is -2.10. The van der Waals surface area contributed by atoms with Crippen molar-refractivity contribution in [2.75, 3.05) is 7.05 Å². The minimum atomic E-state index is -0.108. The van der Waals surface area contributed by atoms with Crippen LogP contribution in [0.15, 0.2) is 29.2 Å². The second kappa shape index (κ2) is 4.38. The van der Waals surface area contributed by atoms with Gasteiger partial charge >= 0.3 is 0 Å². The third-order valence-corrected chi connectivity index (χ3v) is 2.65. The van der Waals surface area contributed by atoms with E-state index in [4.69, 9.17) is 11.6 Å². The van der Waals surface area contributed by atoms with Gasteiger partial charge in [0.1, 0.15) is 0 Å². The van der Waals surface area contributed by atoms with E-state index in [0.29, 0.717) is 5.02 Å². The molecule has 0 saturated heterocycles. The quantitative estimate of drug-likeness (QED) is 0.708. The normalized spacial score (nSPS) is 9.50. The summed E-state index contributed by atoms with van der Waals surface area (Å²) in [6.07, 6.45) is 0. The summed E-state index contributed by atoms with van der Waals surface area (Å²) < 4.78 is 0. The maximum atomic E-state index is 10.9. The summed E-state index contributed by atoms with van der Waals surface area (Å²) in [6.45, 7) is 0. The molecule has 12 heavy (non-hydrogen) atoms. The van der Waals surface area contributed by atoms with E-state index in [2.05, 4.69) is 5.32 Å². The first kappa shape index (κ1) is 9.42. The van der Waals surface area contributed by atoms with Crippen LogP contribution in [-0.2, 0) is 0 Å². The van der Waals surface area contributed by atoms with E-state index in [0.717, 1.165) is 16.7 Å². The van der Waals surface area contributed by atoms with Gasteiger partial charge in [-0.15, -0.1) is 0 Å². The molecular formula is C8H8ClNOS. The van der Waals surface area contributed by atoms with Gasteiger partial charge in [-0.25, -0.2) is 0 Å². The number of thioether (sulfide) groups is 1. The van der Waals surface area contributed by atoms with Crippen LogP contribution in [0, 0.1) is 0 Å². The van der Waals surface area contributed by atoms with E-state index in [1.165, 1.54) is 0 Å². The molecule has 0 fully saturated rings. The molecule has 1 aromatic carbocycles. The van der Waals surface area contributed by atoms with Gasteiger partial charge in [0, 0.05) is 11.9 Å². The van der Waals surface area contributed by atoms with Crippen LogP contribution in [0.2, 0.25) is 5.02 Å². The summed E-state index contributed by atoms with van der Waals surface area (Å²) in [6, 6.07) is 7.24. The molecule has 0 saturated carbocycles. The van der Waals surface area contributed by atoms with E-state index in [-0.39, 0.29) is 5.24 Å². The van der Waals surface area contributed by atoms with Gasteiger partial charge in [0.15, 0.2) is 0 Å². The largest absolute Gasteiger partial charge is 0.350 e. The van der Waals surface area contributed by atoms with Gasteiger partial charge in [0.05, 0.1) is 5.02 Å². The molecule has 0 aliphatic rings. The highest BCUT2D eigenvalue weighted by molar-refractivity contribution is 8.13. The van der Waals surface area contributed by atoms with E-state index in [1.807, 2.05) is 18.2 Å². The maximum Gasteiger partial charge on any atom is 0.283 e. The van der Waals surface area contributed by atoms with Gasteiger partial charge in [-0.2, -0.15) is 0 Å². The Balaban J connectivity index is 2.75. The van der Waals surface area contributed by atoms with Crippen LogP contribution in [0.25, 0.3) is 0 Å². The fourth-order valence-electron chi connectivity index (χ4n) is 0.678. The summed E-state index contributed by atoms with van der Waals surface area (Å²) in [5.41, 5.74) is 0. The van der Waals surface area contributed by atoms with Gasteiger partial charge in [0.25, 0.3) is 5.24 Å².